The minimum atomic E-state index is -2.73. The molecule has 0 saturated carbocycles. The first-order chi connectivity index (χ1) is 6.64. The molecule has 0 aromatic heterocycles. The molecule has 0 N–H and O–H groups in total. The standard InChI is InChI=1S/C10H13O3P/c1-14(12,8-7-11)13-9-10-5-3-2-4-6-10/h2-7H,8-9H2,1H3. The van der Waals surface area contributed by atoms with Gasteiger partial charge in [0.15, 0.2) is 0 Å². The molecule has 0 heterocycles. The fraction of sp³-hybridized carbons (Fsp3) is 0.300. The van der Waals surface area contributed by atoms with Crippen molar-refractivity contribution >= 4 is 13.7 Å². The van der Waals surface area contributed by atoms with Crippen LogP contribution >= 0.6 is 7.37 Å². The lowest BCUT2D eigenvalue weighted by Crippen LogP contribution is -1.95. The molecule has 1 atom stereocenters. The van der Waals surface area contributed by atoms with Crippen LogP contribution in [0, 0.1) is 0 Å². The van der Waals surface area contributed by atoms with Crippen LogP contribution in [0.25, 0.3) is 0 Å². The molecule has 0 saturated heterocycles. The van der Waals surface area contributed by atoms with Gasteiger partial charge in [-0.2, -0.15) is 0 Å². The minimum absolute atomic E-state index is 0.0141. The number of carbonyl (C=O) groups is 1. The Bertz CT molecular complexity index is 334. The van der Waals surface area contributed by atoms with Gasteiger partial charge in [0.25, 0.3) is 0 Å². The molecule has 14 heavy (non-hydrogen) atoms. The van der Waals surface area contributed by atoms with Gasteiger partial charge in [-0.1, -0.05) is 30.3 Å². The SMILES string of the molecule is CP(=O)(CC=O)OCc1ccccc1. The highest BCUT2D eigenvalue weighted by atomic mass is 31.2. The van der Waals surface area contributed by atoms with Crippen LogP contribution in [0.4, 0.5) is 0 Å². The lowest BCUT2D eigenvalue weighted by molar-refractivity contribution is -0.105. The molecule has 3 nitrogen and oxygen atoms in total. The van der Waals surface area contributed by atoms with E-state index in [2.05, 4.69) is 0 Å². The lowest BCUT2D eigenvalue weighted by Gasteiger charge is -2.10. The van der Waals surface area contributed by atoms with Gasteiger partial charge in [-0.05, 0) is 5.56 Å². The van der Waals surface area contributed by atoms with Gasteiger partial charge in [-0.25, -0.2) is 0 Å². The summed E-state index contributed by atoms with van der Waals surface area (Å²) >= 11 is 0. The smallest absolute Gasteiger partial charge is 0.207 e. The van der Waals surface area contributed by atoms with Crippen molar-refractivity contribution in [3.8, 4) is 0 Å². The Labute approximate surface area is 83.5 Å². The highest BCUT2D eigenvalue weighted by Crippen LogP contribution is 2.42. The molecular weight excluding hydrogens is 199 g/mol. The highest BCUT2D eigenvalue weighted by Gasteiger charge is 2.14. The molecule has 0 aliphatic rings. The number of hydrogen-bond acceptors (Lipinski definition) is 3. The van der Waals surface area contributed by atoms with E-state index in [4.69, 9.17) is 4.52 Å². The topological polar surface area (TPSA) is 43.4 Å². The van der Waals surface area contributed by atoms with Crippen molar-refractivity contribution in [2.24, 2.45) is 0 Å². The van der Waals surface area contributed by atoms with Crippen molar-refractivity contribution in [2.75, 3.05) is 12.8 Å². The summed E-state index contributed by atoms with van der Waals surface area (Å²) in [6.07, 6.45) is 0.617. The van der Waals surface area contributed by atoms with E-state index in [9.17, 15) is 9.36 Å². The maximum atomic E-state index is 11.5. The first kappa shape index (κ1) is 11.2. The first-order valence-electron chi connectivity index (χ1n) is 4.33. The fourth-order valence-electron chi connectivity index (χ4n) is 0.973. The molecule has 1 rings (SSSR count). The zero-order valence-electron chi connectivity index (χ0n) is 8.05. The summed E-state index contributed by atoms with van der Waals surface area (Å²) in [7, 11) is -2.73. The van der Waals surface area contributed by atoms with Gasteiger partial charge in [-0.3, -0.25) is 4.57 Å². The molecule has 0 amide bonds. The number of rotatable bonds is 5. The molecular formula is C10H13O3P. The molecule has 1 unspecified atom stereocenters. The van der Waals surface area contributed by atoms with Crippen LogP contribution in [0.5, 0.6) is 0 Å². The van der Waals surface area contributed by atoms with E-state index < -0.39 is 7.37 Å². The summed E-state index contributed by atoms with van der Waals surface area (Å²) in [6, 6.07) is 9.46. The number of carbonyl (C=O) groups excluding carboxylic acids is 1. The van der Waals surface area contributed by atoms with Crippen LogP contribution in [0.3, 0.4) is 0 Å². The van der Waals surface area contributed by atoms with Crippen LogP contribution in [-0.4, -0.2) is 19.1 Å². The van der Waals surface area contributed by atoms with Crippen LogP contribution < -0.4 is 0 Å². The van der Waals surface area contributed by atoms with E-state index in [0.29, 0.717) is 12.9 Å². The van der Waals surface area contributed by atoms with E-state index in [1.165, 1.54) is 6.66 Å². The Kier molecular flexibility index (Phi) is 4.05. The van der Waals surface area contributed by atoms with Gasteiger partial charge >= 0.3 is 0 Å². The van der Waals surface area contributed by atoms with E-state index in [-0.39, 0.29) is 6.16 Å². The Morgan fingerprint density at radius 1 is 1.36 bits per heavy atom. The van der Waals surface area contributed by atoms with Crippen molar-refractivity contribution in [3.05, 3.63) is 35.9 Å². The van der Waals surface area contributed by atoms with Crippen molar-refractivity contribution in [1.29, 1.82) is 0 Å². The molecule has 0 spiro atoms. The summed E-state index contributed by atoms with van der Waals surface area (Å²) < 4.78 is 16.7. The Morgan fingerprint density at radius 2 is 2.00 bits per heavy atom. The average molecular weight is 212 g/mol. The molecule has 76 valence electrons. The molecule has 4 heteroatoms. The second kappa shape index (κ2) is 5.08. The van der Waals surface area contributed by atoms with Crippen molar-refractivity contribution < 1.29 is 13.9 Å². The predicted octanol–water partition coefficient (Wildman–Crippen LogP) is 2.31. The maximum Gasteiger partial charge on any atom is 0.207 e. The molecule has 1 aromatic carbocycles. The zero-order valence-corrected chi connectivity index (χ0v) is 8.94. The zero-order chi connectivity index (χ0) is 10.4. The van der Waals surface area contributed by atoms with Gasteiger partial charge in [0.05, 0.1) is 12.8 Å². The fourth-order valence-corrected chi connectivity index (χ4v) is 1.77. The highest BCUT2D eigenvalue weighted by molar-refractivity contribution is 7.58. The summed E-state index contributed by atoms with van der Waals surface area (Å²) in [5.74, 6) is 0. The van der Waals surface area contributed by atoms with Crippen LogP contribution in [-0.2, 0) is 20.5 Å². The van der Waals surface area contributed by atoms with E-state index in [1.54, 1.807) is 0 Å². The van der Waals surface area contributed by atoms with Gasteiger partial charge < -0.3 is 9.32 Å². The minimum Gasteiger partial charge on any atom is -0.324 e. The van der Waals surface area contributed by atoms with Crippen LogP contribution in [0.2, 0.25) is 0 Å². The number of aldehydes is 1. The molecule has 1 aromatic rings. The molecule has 0 aliphatic carbocycles. The largest absolute Gasteiger partial charge is 0.324 e. The summed E-state index contributed by atoms with van der Waals surface area (Å²) in [4.78, 5) is 10.2. The van der Waals surface area contributed by atoms with E-state index >= 15 is 0 Å². The lowest BCUT2D eigenvalue weighted by atomic mass is 10.2. The van der Waals surface area contributed by atoms with Crippen LogP contribution in [0.15, 0.2) is 30.3 Å². The van der Waals surface area contributed by atoms with Crippen molar-refractivity contribution in [3.63, 3.8) is 0 Å². The second-order valence-corrected chi connectivity index (χ2v) is 5.77. The number of hydrogen-bond donors (Lipinski definition) is 0. The Balaban J connectivity index is 2.49. The third-order valence-electron chi connectivity index (χ3n) is 1.75. The molecule has 0 aliphatic heterocycles. The van der Waals surface area contributed by atoms with Crippen LogP contribution in [0.1, 0.15) is 5.56 Å². The molecule has 0 radical (unpaired) electrons. The third kappa shape index (κ3) is 3.86. The molecule has 0 fully saturated rings. The van der Waals surface area contributed by atoms with Gasteiger partial charge in [0.1, 0.15) is 6.29 Å². The van der Waals surface area contributed by atoms with Gasteiger partial charge in [0, 0.05) is 6.66 Å². The Morgan fingerprint density at radius 3 is 2.57 bits per heavy atom. The van der Waals surface area contributed by atoms with Gasteiger partial charge in [0.2, 0.25) is 7.37 Å². The summed E-state index contributed by atoms with van der Waals surface area (Å²) in [6.45, 7) is 1.77. The number of benzene rings is 1. The summed E-state index contributed by atoms with van der Waals surface area (Å²) in [5, 5.41) is 0. The van der Waals surface area contributed by atoms with E-state index in [0.717, 1.165) is 5.56 Å². The normalized spacial score (nSPS) is 14.6. The monoisotopic (exact) mass is 212 g/mol. The van der Waals surface area contributed by atoms with Gasteiger partial charge in [-0.15, -0.1) is 0 Å². The average Bonchev–Trinajstić information content (AvgIpc) is 2.17. The van der Waals surface area contributed by atoms with E-state index in [1.807, 2.05) is 30.3 Å². The summed E-state index contributed by atoms with van der Waals surface area (Å²) in [5.41, 5.74) is 0.959. The Hall–Kier alpha value is -0.920. The second-order valence-electron chi connectivity index (χ2n) is 3.12. The van der Waals surface area contributed by atoms with Crippen molar-refractivity contribution in [1.82, 2.24) is 0 Å². The third-order valence-corrected chi connectivity index (χ3v) is 3.24. The maximum absolute atomic E-state index is 11.5. The quantitative estimate of drug-likeness (QED) is 0.555. The van der Waals surface area contributed by atoms with Crippen molar-refractivity contribution in [2.45, 2.75) is 6.61 Å². The first-order valence-corrected chi connectivity index (χ1v) is 6.58. The molecule has 0 bridgehead atoms. The predicted molar refractivity (Wildman–Crippen MR) is 55.7 cm³/mol.